The molecule has 7 nitrogen and oxygen atoms in total. The van der Waals surface area contributed by atoms with Gasteiger partial charge in [0.1, 0.15) is 0 Å². The van der Waals surface area contributed by atoms with Crippen LogP contribution < -0.4 is 18.9 Å². The number of amides is 1. The molecule has 2 aliphatic rings. The molecule has 206 valence electrons. The molecule has 2 aromatic carbocycles. The Morgan fingerprint density at radius 2 is 1.76 bits per heavy atom. The molecule has 0 bridgehead atoms. The molecular formula is C31H42N2O5. The Morgan fingerprint density at radius 3 is 2.55 bits per heavy atom. The predicted molar refractivity (Wildman–Crippen MR) is 150 cm³/mol. The van der Waals surface area contributed by atoms with Gasteiger partial charge in [-0.2, -0.15) is 0 Å². The van der Waals surface area contributed by atoms with Crippen LogP contribution in [0.15, 0.2) is 42.5 Å². The lowest BCUT2D eigenvalue weighted by molar-refractivity contribution is -0.131. The van der Waals surface area contributed by atoms with Gasteiger partial charge in [0, 0.05) is 26.1 Å². The van der Waals surface area contributed by atoms with Crippen molar-refractivity contribution in [1.82, 2.24) is 9.80 Å². The highest BCUT2D eigenvalue weighted by molar-refractivity contribution is 5.78. The Bertz CT molecular complexity index is 1080. The van der Waals surface area contributed by atoms with Gasteiger partial charge in [0.05, 0.1) is 14.2 Å². The summed E-state index contributed by atoms with van der Waals surface area (Å²) in [4.78, 5) is 17.6. The highest BCUT2D eigenvalue weighted by atomic mass is 16.7. The lowest BCUT2D eigenvalue weighted by atomic mass is 10.1. The second-order valence-corrected chi connectivity index (χ2v) is 10.3. The minimum Gasteiger partial charge on any atom is -0.493 e. The largest absolute Gasteiger partial charge is 0.493 e. The van der Waals surface area contributed by atoms with E-state index in [4.69, 9.17) is 18.9 Å². The lowest BCUT2D eigenvalue weighted by Crippen LogP contribution is -2.36. The van der Waals surface area contributed by atoms with Crippen LogP contribution in [0.5, 0.6) is 23.0 Å². The summed E-state index contributed by atoms with van der Waals surface area (Å²) >= 11 is 0. The Balaban J connectivity index is 1.25. The number of carbonyl (C=O) groups is 1. The molecule has 1 aliphatic heterocycles. The summed E-state index contributed by atoms with van der Waals surface area (Å²) in [6, 6.07) is 12.0. The fourth-order valence-corrected chi connectivity index (χ4v) is 5.26. The van der Waals surface area contributed by atoms with E-state index in [9.17, 15) is 4.79 Å². The number of carbonyl (C=O) groups excluding carboxylic acids is 1. The Labute approximate surface area is 227 Å². The minimum atomic E-state index is 0.210. The van der Waals surface area contributed by atoms with Crippen molar-refractivity contribution in [3.63, 3.8) is 0 Å². The summed E-state index contributed by atoms with van der Waals surface area (Å²) < 4.78 is 21.6. The minimum absolute atomic E-state index is 0.210. The van der Waals surface area contributed by atoms with E-state index in [0.29, 0.717) is 12.3 Å². The Morgan fingerprint density at radius 1 is 0.974 bits per heavy atom. The van der Waals surface area contributed by atoms with Crippen molar-refractivity contribution in [3.8, 4) is 23.0 Å². The number of benzene rings is 2. The number of fused-ring (bicyclic) bond motifs is 1. The molecule has 1 fully saturated rings. The summed E-state index contributed by atoms with van der Waals surface area (Å²) in [5.74, 6) is 3.90. The van der Waals surface area contributed by atoms with Crippen LogP contribution in [0.4, 0.5) is 0 Å². The van der Waals surface area contributed by atoms with Gasteiger partial charge in [-0.15, -0.1) is 0 Å². The second kappa shape index (κ2) is 14.1. The first-order valence-electron chi connectivity index (χ1n) is 13.8. The maximum absolute atomic E-state index is 13.2. The van der Waals surface area contributed by atoms with Crippen molar-refractivity contribution in [3.05, 3.63) is 53.6 Å². The summed E-state index contributed by atoms with van der Waals surface area (Å²) in [5, 5.41) is 0. The highest BCUT2D eigenvalue weighted by Gasteiger charge is 2.21. The SMILES string of the molecule is COc1ccc(CCN(C)CCCN(CC2CCCC2)C(=O)C/C=C/c2ccc3c(c2)OCO3)cc1OC. The van der Waals surface area contributed by atoms with Gasteiger partial charge >= 0.3 is 0 Å². The summed E-state index contributed by atoms with van der Waals surface area (Å²) in [7, 11) is 5.47. The van der Waals surface area contributed by atoms with Gasteiger partial charge in [0.25, 0.3) is 0 Å². The first-order valence-corrected chi connectivity index (χ1v) is 13.8. The molecule has 0 saturated heterocycles. The van der Waals surface area contributed by atoms with Crippen molar-refractivity contribution < 1.29 is 23.7 Å². The summed E-state index contributed by atoms with van der Waals surface area (Å²) in [6.45, 7) is 3.85. The van der Waals surface area contributed by atoms with Crippen LogP contribution in [-0.2, 0) is 11.2 Å². The molecule has 1 heterocycles. The smallest absolute Gasteiger partial charge is 0.231 e. The quantitative estimate of drug-likeness (QED) is 0.330. The van der Waals surface area contributed by atoms with Crippen LogP contribution in [0, 0.1) is 5.92 Å². The maximum Gasteiger partial charge on any atom is 0.231 e. The van der Waals surface area contributed by atoms with Crippen molar-refractivity contribution in [2.45, 2.75) is 44.9 Å². The average Bonchev–Trinajstić information content (AvgIpc) is 3.63. The highest BCUT2D eigenvalue weighted by Crippen LogP contribution is 2.33. The van der Waals surface area contributed by atoms with Crippen LogP contribution in [0.2, 0.25) is 0 Å². The van der Waals surface area contributed by atoms with Gasteiger partial charge in [0.15, 0.2) is 23.0 Å². The van der Waals surface area contributed by atoms with Crippen LogP contribution in [0.1, 0.15) is 49.7 Å². The van der Waals surface area contributed by atoms with E-state index in [1.807, 2.05) is 42.5 Å². The molecule has 0 aromatic heterocycles. The van der Waals surface area contributed by atoms with Gasteiger partial charge in [0.2, 0.25) is 12.7 Å². The zero-order valence-corrected chi connectivity index (χ0v) is 23.1. The fourth-order valence-electron chi connectivity index (χ4n) is 5.26. The average molecular weight is 523 g/mol. The van der Waals surface area contributed by atoms with E-state index in [1.165, 1.54) is 31.2 Å². The monoisotopic (exact) mass is 522 g/mol. The van der Waals surface area contributed by atoms with Crippen molar-refractivity contribution >= 4 is 12.0 Å². The summed E-state index contributed by atoms with van der Waals surface area (Å²) in [5.41, 5.74) is 2.24. The number of nitrogens with zero attached hydrogens (tertiary/aromatic N) is 2. The van der Waals surface area contributed by atoms with Gasteiger partial charge in [-0.25, -0.2) is 0 Å². The molecule has 1 amide bonds. The molecule has 0 radical (unpaired) electrons. The lowest BCUT2D eigenvalue weighted by Gasteiger charge is -2.27. The molecule has 0 unspecified atom stereocenters. The van der Waals surface area contributed by atoms with E-state index in [-0.39, 0.29) is 12.7 Å². The van der Waals surface area contributed by atoms with E-state index in [0.717, 1.165) is 67.6 Å². The number of likely N-dealkylation sites (N-methyl/N-ethyl adjacent to an activating group) is 1. The van der Waals surface area contributed by atoms with E-state index < -0.39 is 0 Å². The van der Waals surface area contributed by atoms with Crippen molar-refractivity contribution in [2.24, 2.45) is 5.92 Å². The molecule has 7 heteroatoms. The number of methoxy groups -OCH3 is 2. The third kappa shape index (κ3) is 7.90. The third-order valence-electron chi connectivity index (χ3n) is 7.50. The first kappa shape index (κ1) is 27.8. The first-order chi connectivity index (χ1) is 18.6. The molecular weight excluding hydrogens is 480 g/mol. The van der Waals surface area contributed by atoms with Gasteiger partial charge in [-0.1, -0.05) is 37.1 Å². The molecule has 1 saturated carbocycles. The van der Waals surface area contributed by atoms with E-state index >= 15 is 0 Å². The molecule has 0 spiro atoms. The molecule has 38 heavy (non-hydrogen) atoms. The topological polar surface area (TPSA) is 60.5 Å². The van der Waals surface area contributed by atoms with Crippen molar-refractivity contribution in [2.75, 3.05) is 54.2 Å². The van der Waals surface area contributed by atoms with Crippen LogP contribution in [0.3, 0.4) is 0 Å². The van der Waals surface area contributed by atoms with Crippen molar-refractivity contribution in [1.29, 1.82) is 0 Å². The number of ether oxygens (including phenoxy) is 4. The predicted octanol–water partition coefficient (Wildman–Crippen LogP) is 5.42. The molecule has 1 aliphatic carbocycles. The zero-order chi connectivity index (χ0) is 26.7. The van der Waals surface area contributed by atoms with Crippen LogP contribution in [0.25, 0.3) is 6.08 Å². The summed E-state index contributed by atoms with van der Waals surface area (Å²) in [6.07, 6.45) is 11.3. The number of hydrogen-bond acceptors (Lipinski definition) is 6. The molecule has 0 atom stereocenters. The molecule has 0 N–H and O–H groups in total. The van der Waals surface area contributed by atoms with E-state index in [2.05, 4.69) is 22.9 Å². The Hall–Kier alpha value is -3.19. The van der Waals surface area contributed by atoms with E-state index in [1.54, 1.807) is 14.2 Å². The van der Waals surface area contributed by atoms with Crippen LogP contribution >= 0.6 is 0 Å². The van der Waals surface area contributed by atoms with Crippen LogP contribution in [-0.4, -0.2) is 69.9 Å². The van der Waals surface area contributed by atoms with Gasteiger partial charge in [-0.3, -0.25) is 4.79 Å². The second-order valence-electron chi connectivity index (χ2n) is 10.3. The zero-order valence-electron chi connectivity index (χ0n) is 23.1. The van der Waals surface area contributed by atoms with Gasteiger partial charge in [-0.05, 0) is 80.6 Å². The maximum atomic E-state index is 13.2. The standard InChI is InChI=1S/C31H42N2O5/c1-32(19-16-25-12-14-27(35-2)29(20-25)36-3)17-7-18-33(22-26-8-4-5-9-26)31(34)11-6-10-24-13-15-28-30(21-24)38-23-37-28/h6,10,12-15,20-21,26H,4-5,7-9,11,16-19,22-23H2,1-3H3/b10-6+. The number of rotatable bonds is 14. The molecule has 4 rings (SSSR count). The number of hydrogen-bond donors (Lipinski definition) is 0. The molecule has 2 aromatic rings. The normalized spacial score (nSPS) is 14.9. The fraction of sp³-hybridized carbons (Fsp3) is 0.516. The third-order valence-corrected chi connectivity index (χ3v) is 7.50. The Kier molecular flexibility index (Phi) is 10.3. The van der Waals surface area contributed by atoms with Gasteiger partial charge < -0.3 is 28.7 Å².